The van der Waals surface area contributed by atoms with Crippen molar-refractivity contribution in [2.45, 2.75) is 32.1 Å². The van der Waals surface area contributed by atoms with Crippen molar-refractivity contribution in [2.24, 2.45) is 0 Å². The molecule has 2 aromatic carbocycles. The van der Waals surface area contributed by atoms with Crippen LogP contribution in [-0.4, -0.2) is 42.8 Å². The zero-order valence-electron chi connectivity index (χ0n) is 16.9. The molecule has 4 rings (SSSR count). The summed E-state index contributed by atoms with van der Waals surface area (Å²) in [7, 11) is 1.30. The molecule has 0 unspecified atom stereocenters. The lowest BCUT2D eigenvalue weighted by molar-refractivity contribution is -0.145. The maximum atomic E-state index is 12.5. The number of para-hydroxylation sites is 1. The summed E-state index contributed by atoms with van der Waals surface area (Å²) < 4.78 is 10.6. The number of esters is 1. The zero-order chi connectivity index (χ0) is 21.3. The number of nitrogens with one attached hydrogen (secondary N) is 2. The highest BCUT2D eigenvalue weighted by molar-refractivity contribution is 6.36. The number of rotatable bonds is 6. The fraction of sp³-hybridized carbons (Fsp3) is 0.304. The standard InChI is InChI=1S/C23H24N2O5/c1-13(26)20(23(28)29-2)24-10-9-14-7-8-16-15(11-14)12-30-21(16)19-17-5-3-4-6-18(17)25-22(19)27/h3-8,11,13,20,24,26H,9-10,12H2,1-2H3,(H,25,27)/b21-19+/t13-,20+/m1/s1. The van der Waals surface area contributed by atoms with Gasteiger partial charge in [0.25, 0.3) is 5.91 Å². The second-order valence-electron chi connectivity index (χ2n) is 7.43. The van der Waals surface area contributed by atoms with Crippen LogP contribution in [0.3, 0.4) is 0 Å². The van der Waals surface area contributed by atoms with Gasteiger partial charge >= 0.3 is 5.97 Å². The molecule has 2 aromatic rings. The van der Waals surface area contributed by atoms with Crippen molar-refractivity contribution in [3.05, 3.63) is 64.7 Å². The third kappa shape index (κ3) is 3.69. The first-order valence-corrected chi connectivity index (χ1v) is 9.89. The summed E-state index contributed by atoms with van der Waals surface area (Å²) in [6.07, 6.45) is -0.177. The Bertz CT molecular complexity index is 1030. The van der Waals surface area contributed by atoms with E-state index < -0.39 is 18.1 Å². The summed E-state index contributed by atoms with van der Waals surface area (Å²) in [5.74, 6) is -0.0324. The van der Waals surface area contributed by atoms with Crippen molar-refractivity contribution in [3.63, 3.8) is 0 Å². The molecule has 30 heavy (non-hydrogen) atoms. The van der Waals surface area contributed by atoms with Crippen molar-refractivity contribution in [2.75, 3.05) is 19.0 Å². The van der Waals surface area contributed by atoms with Gasteiger partial charge in [-0.2, -0.15) is 0 Å². The fourth-order valence-corrected chi connectivity index (χ4v) is 3.87. The van der Waals surface area contributed by atoms with E-state index in [0.29, 0.717) is 30.9 Å². The number of anilines is 1. The molecule has 0 fully saturated rings. The number of hydrogen-bond acceptors (Lipinski definition) is 6. The van der Waals surface area contributed by atoms with Crippen LogP contribution in [-0.2, 0) is 32.1 Å². The van der Waals surface area contributed by atoms with Crippen LogP contribution in [0.25, 0.3) is 11.3 Å². The van der Waals surface area contributed by atoms with Gasteiger partial charge in [0.1, 0.15) is 18.4 Å². The first kappa shape index (κ1) is 20.1. The number of aliphatic hydroxyl groups is 1. The third-order valence-electron chi connectivity index (χ3n) is 5.40. The molecule has 0 saturated carbocycles. The van der Waals surface area contributed by atoms with Crippen LogP contribution in [0.2, 0.25) is 0 Å². The van der Waals surface area contributed by atoms with Gasteiger partial charge in [-0.05, 0) is 25.0 Å². The second kappa shape index (κ2) is 8.30. The minimum absolute atomic E-state index is 0.153. The van der Waals surface area contributed by atoms with Gasteiger partial charge in [-0.3, -0.25) is 9.59 Å². The second-order valence-corrected chi connectivity index (χ2v) is 7.43. The maximum Gasteiger partial charge on any atom is 0.325 e. The molecule has 2 aliphatic heterocycles. The Balaban J connectivity index is 1.51. The van der Waals surface area contributed by atoms with Gasteiger partial charge in [0.05, 0.1) is 18.8 Å². The molecule has 2 aliphatic rings. The fourth-order valence-electron chi connectivity index (χ4n) is 3.87. The summed E-state index contributed by atoms with van der Waals surface area (Å²) in [4.78, 5) is 24.2. The van der Waals surface area contributed by atoms with E-state index in [-0.39, 0.29) is 5.91 Å². The van der Waals surface area contributed by atoms with Crippen molar-refractivity contribution >= 4 is 28.9 Å². The molecule has 7 nitrogen and oxygen atoms in total. The Morgan fingerprint density at radius 2 is 2.07 bits per heavy atom. The van der Waals surface area contributed by atoms with Crippen LogP contribution in [0.15, 0.2) is 42.5 Å². The average Bonchev–Trinajstić information content (AvgIpc) is 3.29. The molecule has 1 amide bonds. The molecule has 0 bridgehead atoms. The normalized spacial score (nSPS) is 18.8. The van der Waals surface area contributed by atoms with E-state index in [9.17, 15) is 14.7 Å². The molecule has 156 valence electrons. The molecule has 0 spiro atoms. The van der Waals surface area contributed by atoms with E-state index in [0.717, 1.165) is 27.9 Å². The number of amides is 1. The van der Waals surface area contributed by atoms with Crippen molar-refractivity contribution < 1.29 is 24.2 Å². The summed E-state index contributed by atoms with van der Waals surface area (Å²) in [5, 5.41) is 15.7. The molecular formula is C23H24N2O5. The number of ether oxygens (including phenoxy) is 2. The molecule has 2 heterocycles. The lowest BCUT2D eigenvalue weighted by Gasteiger charge is -2.19. The quantitative estimate of drug-likeness (QED) is 0.500. The van der Waals surface area contributed by atoms with Gasteiger partial charge < -0.3 is 25.2 Å². The Labute approximate surface area is 174 Å². The van der Waals surface area contributed by atoms with Gasteiger partial charge in [0.15, 0.2) is 0 Å². The van der Waals surface area contributed by atoms with Crippen LogP contribution in [0.5, 0.6) is 0 Å². The number of aliphatic hydroxyl groups excluding tert-OH is 1. The molecule has 0 aliphatic carbocycles. The van der Waals surface area contributed by atoms with Crippen LogP contribution in [0.1, 0.15) is 29.2 Å². The van der Waals surface area contributed by atoms with Gasteiger partial charge in [-0.1, -0.05) is 36.4 Å². The van der Waals surface area contributed by atoms with Gasteiger partial charge in [0.2, 0.25) is 0 Å². The monoisotopic (exact) mass is 408 g/mol. The lowest BCUT2D eigenvalue weighted by atomic mass is 9.98. The van der Waals surface area contributed by atoms with E-state index >= 15 is 0 Å². The Kier molecular flexibility index (Phi) is 5.57. The zero-order valence-corrected chi connectivity index (χ0v) is 16.9. The number of carbonyl (C=O) groups excluding carboxylic acids is 2. The van der Waals surface area contributed by atoms with E-state index in [2.05, 4.69) is 16.7 Å². The van der Waals surface area contributed by atoms with E-state index in [1.165, 1.54) is 7.11 Å². The number of benzene rings is 2. The van der Waals surface area contributed by atoms with Crippen molar-refractivity contribution in [1.82, 2.24) is 5.32 Å². The molecule has 3 N–H and O–H groups in total. The average molecular weight is 408 g/mol. The molecule has 0 radical (unpaired) electrons. The Morgan fingerprint density at radius 1 is 1.27 bits per heavy atom. The van der Waals surface area contributed by atoms with Gasteiger partial charge in [-0.25, -0.2) is 0 Å². The van der Waals surface area contributed by atoms with Crippen LogP contribution >= 0.6 is 0 Å². The minimum Gasteiger partial charge on any atom is -0.487 e. The highest BCUT2D eigenvalue weighted by Gasteiger charge is 2.32. The Hall–Kier alpha value is -3.16. The summed E-state index contributed by atoms with van der Waals surface area (Å²) in [5.41, 5.74) is 5.23. The van der Waals surface area contributed by atoms with Gasteiger partial charge in [0, 0.05) is 28.9 Å². The number of carbonyl (C=O) groups is 2. The first-order valence-electron chi connectivity index (χ1n) is 9.89. The largest absolute Gasteiger partial charge is 0.487 e. The molecule has 7 heteroatoms. The maximum absolute atomic E-state index is 12.5. The summed E-state index contributed by atoms with van der Waals surface area (Å²) in [6.45, 7) is 2.46. The highest BCUT2D eigenvalue weighted by Crippen LogP contribution is 2.41. The Morgan fingerprint density at radius 3 is 2.83 bits per heavy atom. The predicted octanol–water partition coefficient (Wildman–Crippen LogP) is 2.09. The van der Waals surface area contributed by atoms with E-state index in [1.54, 1.807) is 6.92 Å². The van der Waals surface area contributed by atoms with Gasteiger partial charge in [-0.15, -0.1) is 0 Å². The minimum atomic E-state index is -0.847. The van der Waals surface area contributed by atoms with Crippen LogP contribution in [0, 0.1) is 0 Å². The smallest absolute Gasteiger partial charge is 0.325 e. The topological polar surface area (TPSA) is 96.9 Å². The van der Waals surface area contributed by atoms with Crippen LogP contribution in [0.4, 0.5) is 5.69 Å². The van der Waals surface area contributed by atoms with Crippen molar-refractivity contribution in [3.8, 4) is 0 Å². The molecule has 2 atom stereocenters. The summed E-state index contributed by atoms with van der Waals surface area (Å²) in [6, 6.07) is 12.8. The first-order chi connectivity index (χ1) is 14.5. The number of fused-ring (bicyclic) bond motifs is 2. The molecular weight excluding hydrogens is 384 g/mol. The SMILES string of the molecule is COC(=O)[C@@H](NCCc1ccc2c(c1)CO/C2=C1/C(=O)Nc2ccccc21)[C@@H](C)O. The molecule has 0 aromatic heterocycles. The lowest BCUT2D eigenvalue weighted by Crippen LogP contribution is -2.46. The highest BCUT2D eigenvalue weighted by atomic mass is 16.5. The van der Waals surface area contributed by atoms with Crippen LogP contribution < -0.4 is 10.6 Å². The van der Waals surface area contributed by atoms with Crippen molar-refractivity contribution in [1.29, 1.82) is 0 Å². The molecule has 0 saturated heterocycles. The van der Waals surface area contributed by atoms with E-state index in [4.69, 9.17) is 9.47 Å². The number of methoxy groups -OCH3 is 1. The number of hydrogen-bond donors (Lipinski definition) is 3. The summed E-state index contributed by atoms with van der Waals surface area (Å²) >= 11 is 0. The van der Waals surface area contributed by atoms with E-state index in [1.807, 2.05) is 36.4 Å². The third-order valence-corrected chi connectivity index (χ3v) is 5.40. The predicted molar refractivity (Wildman–Crippen MR) is 112 cm³/mol.